The fraction of sp³-hybridized carbons (Fsp3) is 0.345. The Morgan fingerprint density at radius 1 is 1.20 bits per heavy atom. The monoisotopic (exact) mass is 586 g/mol. The standard InChI is InChI=1S/C29H29Cl2FN4O4/c1-15(23-19(30)6-7-20(32)24(23)31)40-22-13-17(14-34-25(22)33)16-4-5-18-21(12-16)35-26(37)29(18)8-10-36(11-9-29)27(38)28(2,3)39/h4-7,12-15,39H,8-11H2,1-3H3,(H2,33,34)(H,35,37)/t15-/m1/s1. The Morgan fingerprint density at radius 3 is 2.58 bits per heavy atom. The van der Waals surface area contributed by atoms with Crippen molar-refractivity contribution in [1.29, 1.82) is 0 Å². The maximum absolute atomic E-state index is 14.1. The van der Waals surface area contributed by atoms with Crippen molar-refractivity contribution in [2.75, 3.05) is 24.1 Å². The number of piperidine rings is 1. The van der Waals surface area contributed by atoms with E-state index in [1.165, 1.54) is 26.0 Å². The van der Waals surface area contributed by atoms with Crippen molar-refractivity contribution in [3.8, 4) is 16.9 Å². The van der Waals surface area contributed by atoms with E-state index >= 15 is 0 Å². The van der Waals surface area contributed by atoms with Gasteiger partial charge in [-0.3, -0.25) is 9.59 Å². The fourth-order valence-corrected chi connectivity index (χ4v) is 6.13. The number of carbonyl (C=O) groups excluding carboxylic acids is 2. The molecule has 5 rings (SSSR count). The summed E-state index contributed by atoms with van der Waals surface area (Å²) in [5.41, 5.74) is 7.22. The molecule has 11 heteroatoms. The summed E-state index contributed by atoms with van der Waals surface area (Å²) in [5, 5.41) is 13.2. The first-order valence-electron chi connectivity index (χ1n) is 12.9. The molecule has 1 fully saturated rings. The van der Waals surface area contributed by atoms with Crippen LogP contribution in [0.1, 0.15) is 50.8 Å². The highest BCUT2D eigenvalue weighted by molar-refractivity contribution is 6.36. The number of carbonyl (C=O) groups is 2. The lowest BCUT2D eigenvalue weighted by Gasteiger charge is -2.39. The molecule has 3 aromatic rings. The number of aliphatic hydroxyl groups is 1. The van der Waals surface area contributed by atoms with Crippen LogP contribution in [-0.4, -0.2) is 45.5 Å². The number of hydrogen-bond acceptors (Lipinski definition) is 6. The second-order valence-corrected chi connectivity index (χ2v) is 11.6. The molecule has 0 unspecified atom stereocenters. The number of amides is 2. The largest absolute Gasteiger partial charge is 0.482 e. The van der Waals surface area contributed by atoms with Crippen molar-refractivity contribution < 1.29 is 23.8 Å². The van der Waals surface area contributed by atoms with Crippen LogP contribution in [-0.2, 0) is 15.0 Å². The molecule has 3 heterocycles. The van der Waals surface area contributed by atoms with E-state index < -0.39 is 22.9 Å². The molecule has 2 amide bonds. The Bertz CT molecular complexity index is 1520. The lowest BCUT2D eigenvalue weighted by molar-refractivity contribution is -0.150. The number of likely N-dealkylation sites (tertiary alicyclic amines) is 1. The molecule has 2 aromatic carbocycles. The van der Waals surface area contributed by atoms with E-state index in [-0.39, 0.29) is 33.4 Å². The predicted molar refractivity (Wildman–Crippen MR) is 152 cm³/mol. The Kier molecular flexibility index (Phi) is 7.18. The van der Waals surface area contributed by atoms with Gasteiger partial charge in [0.15, 0.2) is 11.6 Å². The van der Waals surface area contributed by atoms with Crippen molar-refractivity contribution in [2.45, 2.75) is 50.7 Å². The van der Waals surface area contributed by atoms with Gasteiger partial charge in [-0.25, -0.2) is 9.37 Å². The van der Waals surface area contributed by atoms with Gasteiger partial charge in [-0.2, -0.15) is 0 Å². The fourth-order valence-electron chi connectivity index (χ4n) is 5.46. The number of fused-ring (bicyclic) bond motifs is 2. The van der Waals surface area contributed by atoms with Gasteiger partial charge in [0, 0.05) is 41.1 Å². The molecule has 0 aliphatic carbocycles. The minimum Gasteiger partial charge on any atom is -0.482 e. The molecule has 210 valence electrons. The number of benzene rings is 2. The van der Waals surface area contributed by atoms with Crippen LogP contribution in [0.4, 0.5) is 15.9 Å². The zero-order valence-corrected chi connectivity index (χ0v) is 23.7. The topological polar surface area (TPSA) is 118 Å². The van der Waals surface area contributed by atoms with E-state index in [1.54, 1.807) is 24.1 Å². The minimum absolute atomic E-state index is 0.105. The number of halogens is 3. The van der Waals surface area contributed by atoms with Gasteiger partial charge >= 0.3 is 0 Å². The summed E-state index contributed by atoms with van der Waals surface area (Å²) < 4.78 is 20.1. The molecule has 2 aliphatic rings. The summed E-state index contributed by atoms with van der Waals surface area (Å²) in [6.07, 6.45) is 1.79. The summed E-state index contributed by atoms with van der Waals surface area (Å²) in [4.78, 5) is 31.6. The van der Waals surface area contributed by atoms with Crippen LogP contribution >= 0.6 is 23.2 Å². The van der Waals surface area contributed by atoms with Crippen molar-refractivity contribution in [3.05, 3.63) is 69.6 Å². The molecule has 0 bridgehead atoms. The molecule has 1 saturated heterocycles. The number of pyridine rings is 1. The van der Waals surface area contributed by atoms with Crippen molar-refractivity contribution in [3.63, 3.8) is 0 Å². The number of nitrogens with one attached hydrogen (secondary N) is 1. The molecular formula is C29H29Cl2FN4O4. The van der Waals surface area contributed by atoms with E-state index in [9.17, 15) is 19.1 Å². The number of nitrogens with zero attached hydrogens (tertiary/aromatic N) is 2. The van der Waals surface area contributed by atoms with E-state index in [2.05, 4.69) is 10.3 Å². The van der Waals surface area contributed by atoms with Gasteiger partial charge in [0.25, 0.3) is 5.91 Å². The number of hydrogen-bond donors (Lipinski definition) is 3. The highest BCUT2D eigenvalue weighted by Crippen LogP contribution is 2.46. The van der Waals surface area contributed by atoms with Gasteiger partial charge < -0.3 is 25.8 Å². The summed E-state index contributed by atoms with van der Waals surface area (Å²) in [6.45, 7) is 5.36. The second-order valence-electron chi connectivity index (χ2n) is 10.8. The van der Waals surface area contributed by atoms with Crippen LogP contribution in [0.3, 0.4) is 0 Å². The van der Waals surface area contributed by atoms with Crippen LogP contribution in [0.2, 0.25) is 10.0 Å². The number of anilines is 2. The van der Waals surface area contributed by atoms with Crippen LogP contribution in [0.25, 0.3) is 11.1 Å². The summed E-state index contributed by atoms with van der Waals surface area (Å²) in [6, 6.07) is 10.0. The van der Waals surface area contributed by atoms with Gasteiger partial charge in [0.1, 0.15) is 17.5 Å². The van der Waals surface area contributed by atoms with Gasteiger partial charge in [0.2, 0.25) is 5.91 Å². The third kappa shape index (κ3) is 4.87. The Hall–Kier alpha value is -3.40. The van der Waals surface area contributed by atoms with Crippen LogP contribution in [0.15, 0.2) is 42.6 Å². The molecule has 0 saturated carbocycles. The Morgan fingerprint density at radius 2 is 1.90 bits per heavy atom. The normalized spacial score (nSPS) is 17.0. The molecule has 40 heavy (non-hydrogen) atoms. The van der Waals surface area contributed by atoms with E-state index in [0.717, 1.165) is 11.1 Å². The van der Waals surface area contributed by atoms with Gasteiger partial charge in [-0.15, -0.1) is 0 Å². The maximum atomic E-state index is 14.1. The lowest BCUT2D eigenvalue weighted by Crippen LogP contribution is -2.53. The SMILES string of the molecule is C[C@@H](Oc1cc(-c2ccc3c(c2)NC(=O)C32CCN(C(=O)C(C)(C)O)CC2)cnc1N)c1c(Cl)ccc(F)c1Cl. The second kappa shape index (κ2) is 10.2. The minimum atomic E-state index is -1.46. The van der Waals surface area contributed by atoms with Crippen molar-refractivity contribution >= 4 is 46.5 Å². The van der Waals surface area contributed by atoms with Gasteiger partial charge in [0.05, 0.1) is 10.4 Å². The molecule has 0 radical (unpaired) electrons. The highest BCUT2D eigenvalue weighted by Gasteiger charge is 2.49. The molecule has 2 aliphatic heterocycles. The quantitative estimate of drug-likeness (QED) is 0.340. The van der Waals surface area contributed by atoms with E-state index in [0.29, 0.717) is 42.7 Å². The highest BCUT2D eigenvalue weighted by atomic mass is 35.5. The number of nitrogen functional groups attached to an aromatic ring is 1. The van der Waals surface area contributed by atoms with Crippen molar-refractivity contribution in [1.82, 2.24) is 9.88 Å². The van der Waals surface area contributed by atoms with Crippen LogP contribution in [0, 0.1) is 5.82 Å². The lowest BCUT2D eigenvalue weighted by atomic mass is 9.73. The molecule has 1 aromatic heterocycles. The Labute approximate surface area is 241 Å². The Balaban J connectivity index is 1.39. The average molecular weight is 587 g/mol. The zero-order chi connectivity index (χ0) is 29.0. The van der Waals surface area contributed by atoms with Gasteiger partial charge in [-0.1, -0.05) is 35.3 Å². The smallest absolute Gasteiger partial charge is 0.253 e. The summed E-state index contributed by atoms with van der Waals surface area (Å²) in [5.74, 6) is -0.649. The molecule has 8 nitrogen and oxygen atoms in total. The summed E-state index contributed by atoms with van der Waals surface area (Å²) >= 11 is 12.4. The average Bonchev–Trinajstić information content (AvgIpc) is 3.17. The number of aromatic nitrogens is 1. The van der Waals surface area contributed by atoms with E-state index in [1.807, 2.05) is 18.2 Å². The van der Waals surface area contributed by atoms with Crippen molar-refractivity contribution in [2.24, 2.45) is 0 Å². The third-order valence-electron chi connectivity index (χ3n) is 7.65. The number of rotatable bonds is 5. The number of ether oxygens (including phenoxy) is 1. The zero-order valence-electron chi connectivity index (χ0n) is 22.2. The molecular weight excluding hydrogens is 558 g/mol. The van der Waals surface area contributed by atoms with E-state index in [4.69, 9.17) is 33.7 Å². The predicted octanol–water partition coefficient (Wildman–Crippen LogP) is 5.50. The van der Waals surface area contributed by atoms with Crippen LogP contribution in [0.5, 0.6) is 5.75 Å². The first-order valence-corrected chi connectivity index (χ1v) is 13.6. The maximum Gasteiger partial charge on any atom is 0.253 e. The number of nitrogens with two attached hydrogens (primary N) is 1. The molecule has 4 N–H and O–H groups in total. The van der Waals surface area contributed by atoms with Gasteiger partial charge in [-0.05, 0) is 69.0 Å². The third-order valence-corrected chi connectivity index (χ3v) is 8.36. The van der Waals surface area contributed by atoms with Crippen LogP contribution < -0.4 is 15.8 Å². The first-order chi connectivity index (χ1) is 18.8. The first kappa shape index (κ1) is 28.1. The molecule has 1 spiro atoms. The molecule has 1 atom stereocenters. The summed E-state index contributed by atoms with van der Waals surface area (Å²) in [7, 11) is 0.